The maximum Gasteiger partial charge on any atom is 0.276 e. The summed E-state index contributed by atoms with van der Waals surface area (Å²) in [6.07, 6.45) is 1.47. The number of aromatic nitrogens is 1. The number of amides is 1. The smallest absolute Gasteiger partial charge is 0.276 e. The quantitative estimate of drug-likeness (QED) is 0.553. The van der Waals surface area contributed by atoms with Crippen molar-refractivity contribution in [2.75, 3.05) is 4.90 Å². The highest BCUT2D eigenvalue weighted by Gasteiger charge is 2.23. The van der Waals surface area contributed by atoms with Crippen molar-refractivity contribution < 1.29 is 10.0 Å². The van der Waals surface area contributed by atoms with Crippen LogP contribution in [-0.4, -0.2) is 16.1 Å². The summed E-state index contributed by atoms with van der Waals surface area (Å²) in [5, 5.41) is 8.70. The lowest BCUT2D eigenvalue weighted by molar-refractivity contribution is 0.0706. The van der Waals surface area contributed by atoms with E-state index in [1.807, 2.05) is 24.3 Å². The van der Waals surface area contributed by atoms with E-state index in [1.54, 1.807) is 29.4 Å². The summed E-state index contributed by atoms with van der Waals surface area (Å²) in [5.74, 6) is -0.566. The van der Waals surface area contributed by atoms with E-state index in [1.165, 1.54) is 16.0 Å². The van der Waals surface area contributed by atoms with Crippen LogP contribution in [0.25, 0.3) is 0 Å². The maximum absolute atomic E-state index is 11.4. The molecule has 6 heteroatoms. The van der Waals surface area contributed by atoms with Crippen molar-refractivity contribution in [2.45, 2.75) is 16.3 Å². The summed E-state index contributed by atoms with van der Waals surface area (Å²) in [5.41, 5.74) is 5.06. The molecule has 0 saturated heterocycles. The van der Waals surface area contributed by atoms with Crippen LogP contribution in [0.3, 0.4) is 0 Å². The number of fused-ring (bicyclic) bond motifs is 2. The molecule has 25 heavy (non-hydrogen) atoms. The second-order valence-corrected chi connectivity index (χ2v) is 6.69. The SMILES string of the molecule is O=C(NO)c1ccc(CN2c3ccccc3Sc3ccccc32)nc1. The molecule has 0 saturated carbocycles. The normalized spacial score (nSPS) is 12.3. The molecule has 0 radical (unpaired) electrons. The first-order valence-corrected chi connectivity index (χ1v) is 8.61. The predicted octanol–water partition coefficient (Wildman–Crippen LogP) is 4.00. The molecule has 0 bridgehead atoms. The molecule has 1 aliphatic heterocycles. The number of rotatable bonds is 3. The van der Waals surface area contributed by atoms with Crippen molar-refractivity contribution in [3.63, 3.8) is 0 Å². The Balaban J connectivity index is 1.69. The largest absolute Gasteiger partial charge is 0.334 e. The number of anilines is 2. The molecule has 4 rings (SSSR count). The van der Waals surface area contributed by atoms with Gasteiger partial charge in [0.15, 0.2) is 0 Å². The fourth-order valence-electron chi connectivity index (χ4n) is 2.83. The van der Waals surface area contributed by atoms with Crippen molar-refractivity contribution in [1.82, 2.24) is 10.5 Å². The number of carbonyl (C=O) groups is 1. The van der Waals surface area contributed by atoms with Gasteiger partial charge in [0.25, 0.3) is 5.91 Å². The van der Waals surface area contributed by atoms with Crippen LogP contribution in [-0.2, 0) is 6.54 Å². The van der Waals surface area contributed by atoms with Crippen LogP contribution < -0.4 is 10.4 Å². The van der Waals surface area contributed by atoms with Crippen molar-refractivity contribution in [2.24, 2.45) is 0 Å². The van der Waals surface area contributed by atoms with E-state index in [0.717, 1.165) is 17.1 Å². The summed E-state index contributed by atoms with van der Waals surface area (Å²) < 4.78 is 0. The molecule has 0 spiro atoms. The lowest BCUT2D eigenvalue weighted by atomic mass is 10.2. The minimum absolute atomic E-state index is 0.321. The van der Waals surface area contributed by atoms with Crippen molar-refractivity contribution in [3.05, 3.63) is 78.1 Å². The number of carbonyl (C=O) groups excluding carboxylic acids is 1. The molecule has 124 valence electrons. The number of para-hydroxylation sites is 2. The first kappa shape index (κ1) is 15.7. The fraction of sp³-hybridized carbons (Fsp3) is 0.0526. The molecule has 1 aromatic heterocycles. The average Bonchev–Trinajstić information content (AvgIpc) is 2.67. The molecule has 2 N–H and O–H groups in total. The van der Waals surface area contributed by atoms with Crippen LogP contribution in [0, 0.1) is 0 Å². The Kier molecular flexibility index (Phi) is 4.13. The van der Waals surface area contributed by atoms with E-state index in [4.69, 9.17) is 5.21 Å². The molecule has 0 fully saturated rings. The zero-order chi connectivity index (χ0) is 17.2. The Labute approximate surface area is 149 Å². The predicted molar refractivity (Wildman–Crippen MR) is 96.3 cm³/mol. The number of nitrogens with one attached hydrogen (secondary N) is 1. The average molecular weight is 349 g/mol. The molecule has 3 aromatic rings. The van der Waals surface area contributed by atoms with E-state index >= 15 is 0 Å². The highest BCUT2D eigenvalue weighted by atomic mass is 32.2. The van der Waals surface area contributed by atoms with Gasteiger partial charge in [-0.1, -0.05) is 36.0 Å². The van der Waals surface area contributed by atoms with Gasteiger partial charge in [0, 0.05) is 16.0 Å². The molecule has 0 aliphatic carbocycles. The Morgan fingerprint density at radius 1 is 1.00 bits per heavy atom. The second kappa shape index (κ2) is 6.58. The summed E-state index contributed by atoms with van der Waals surface area (Å²) in [7, 11) is 0. The highest BCUT2D eigenvalue weighted by Crippen LogP contribution is 2.48. The van der Waals surface area contributed by atoms with Gasteiger partial charge in [0.05, 0.1) is 29.2 Å². The van der Waals surface area contributed by atoms with E-state index in [-0.39, 0.29) is 0 Å². The molecule has 0 atom stereocenters. The maximum atomic E-state index is 11.4. The minimum atomic E-state index is -0.566. The van der Waals surface area contributed by atoms with Crippen LogP contribution in [0.15, 0.2) is 76.7 Å². The number of hydrogen-bond acceptors (Lipinski definition) is 5. The zero-order valence-corrected chi connectivity index (χ0v) is 14.0. The van der Waals surface area contributed by atoms with E-state index in [0.29, 0.717) is 12.1 Å². The van der Waals surface area contributed by atoms with Crippen LogP contribution in [0.2, 0.25) is 0 Å². The fourth-order valence-corrected chi connectivity index (χ4v) is 3.93. The molecule has 1 amide bonds. The Morgan fingerprint density at radius 3 is 2.20 bits per heavy atom. The molecule has 1 aliphatic rings. The molecule has 0 unspecified atom stereocenters. The van der Waals surface area contributed by atoms with Gasteiger partial charge in [-0.15, -0.1) is 0 Å². The van der Waals surface area contributed by atoms with Crippen LogP contribution >= 0.6 is 11.8 Å². The minimum Gasteiger partial charge on any atom is -0.334 e. The monoisotopic (exact) mass is 349 g/mol. The molecule has 2 aromatic carbocycles. The number of hydrogen-bond donors (Lipinski definition) is 2. The first-order chi connectivity index (χ1) is 12.3. The zero-order valence-electron chi connectivity index (χ0n) is 13.2. The van der Waals surface area contributed by atoms with Gasteiger partial charge < -0.3 is 4.90 Å². The van der Waals surface area contributed by atoms with Crippen LogP contribution in [0.5, 0.6) is 0 Å². The van der Waals surface area contributed by atoms with E-state index < -0.39 is 5.91 Å². The lowest BCUT2D eigenvalue weighted by Crippen LogP contribution is -2.21. The van der Waals surface area contributed by atoms with E-state index in [2.05, 4.69) is 34.1 Å². The third-order valence-corrected chi connectivity index (χ3v) is 5.17. The Hall–Kier alpha value is -2.83. The van der Waals surface area contributed by atoms with Crippen molar-refractivity contribution >= 4 is 29.0 Å². The first-order valence-electron chi connectivity index (χ1n) is 7.79. The summed E-state index contributed by atoms with van der Waals surface area (Å²) in [4.78, 5) is 20.4. The molecule has 2 heterocycles. The number of benzene rings is 2. The Morgan fingerprint density at radius 2 is 1.64 bits per heavy atom. The summed E-state index contributed by atoms with van der Waals surface area (Å²) in [6.45, 7) is 0.593. The lowest BCUT2D eigenvalue weighted by Gasteiger charge is -2.32. The molecule has 5 nitrogen and oxygen atoms in total. The van der Waals surface area contributed by atoms with Gasteiger partial charge in [-0.05, 0) is 36.4 Å². The van der Waals surface area contributed by atoms with Gasteiger partial charge in [-0.25, -0.2) is 5.48 Å². The van der Waals surface area contributed by atoms with Gasteiger partial charge in [-0.3, -0.25) is 15.0 Å². The highest BCUT2D eigenvalue weighted by molar-refractivity contribution is 7.99. The Bertz CT molecular complexity index is 882. The summed E-state index contributed by atoms with van der Waals surface area (Å²) in [6, 6.07) is 20.0. The van der Waals surface area contributed by atoms with Gasteiger partial charge >= 0.3 is 0 Å². The third kappa shape index (κ3) is 2.97. The van der Waals surface area contributed by atoms with Gasteiger partial charge in [0.2, 0.25) is 0 Å². The molecular formula is C19H15N3O2S. The number of pyridine rings is 1. The van der Waals surface area contributed by atoms with Crippen LogP contribution in [0.1, 0.15) is 16.1 Å². The van der Waals surface area contributed by atoms with E-state index in [9.17, 15) is 4.79 Å². The van der Waals surface area contributed by atoms with Crippen molar-refractivity contribution in [1.29, 1.82) is 0 Å². The van der Waals surface area contributed by atoms with Gasteiger partial charge in [0.1, 0.15) is 0 Å². The number of hydroxylamine groups is 1. The number of nitrogens with zero attached hydrogens (tertiary/aromatic N) is 2. The third-order valence-electron chi connectivity index (χ3n) is 4.04. The topological polar surface area (TPSA) is 65.5 Å². The summed E-state index contributed by atoms with van der Waals surface area (Å²) >= 11 is 1.76. The second-order valence-electron chi connectivity index (χ2n) is 5.60. The van der Waals surface area contributed by atoms with Crippen LogP contribution in [0.4, 0.5) is 11.4 Å². The standard InChI is InChI=1S/C19H15N3O2S/c23-19(21-24)13-9-10-14(20-11-13)12-22-15-5-1-3-7-17(15)25-18-8-4-2-6-16(18)22/h1-11,24H,12H2,(H,21,23). The molecular weight excluding hydrogens is 334 g/mol. The van der Waals surface area contributed by atoms with Crippen molar-refractivity contribution in [3.8, 4) is 0 Å². The van der Waals surface area contributed by atoms with Gasteiger partial charge in [-0.2, -0.15) is 0 Å².